The number of morpholine rings is 1. The number of rotatable bonds is 5. The van der Waals surface area contributed by atoms with Crippen molar-refractivity contribution in [1.82, 2.24) is 10.2 Å². The molecule has 1 N–H and O–H groups in total. The van der Waals surface area contributed by atoms with Crippen LogP contribution < -0.4 is 10.1 Å². The van der Waals surface area contributed by atoms with E-state index in [2.05, 4.69) is 5.32 Å². The summed E-state index contributed by atoms with van der Waals surface area (Å²) in [6, 6.07) is 7.46. The Morgan fingerprint density at radius 1 is 1.29 bits per heavy atom. The Hall–Kier alpha value is -2.08. The Kier molecular flexibility index (Phi) is 5.57. The average molecular weight is 292 g/mol. The van der Waals surface area contributed by atoms with E-state index in [0.29, 0.717) is 32.8 Å². The molecule has 2 rings (SSSR count). The van der Waals surface area contributed by atoms with Gasteiger partial charge in [-0.15, -0.1) is 0 Å². The summed E-state index contributed by atoms with van der Waals surface area (Å²) in [5.74, 6) is 0.283. The van der Waals surface area contributed by atoms with E-state index >= 15 is 0 Å². The van der Waals surface area contributed by atoms with Crippen LogP contribution in [-0.2, 0) is 20.9 Å². The normalized spacial score (nSPS) is 14.6. The molecule has 0 bridgehead atoms. The van der Waals surface area contributed by atoms with Crippen molar-refractivity contribution in [2.24, 2.45) is 0 Å². The van der Waals surface area contributed by atoms with Crippen LogP contribution in [0.5, 0.6) is 5.75 Å². The Morgan fingerprint density at radius 3 is 2.71 bits per heavy atom. The van der Waals surface area contributed by atoms with Crippen molar-refractivity contribution in [2.45, 2.75) is 13.0 Å². The molecule has 0 aromatic heterocycles. The van der Waals surface area contributed by atoms with E-state index in [1.807, 2.05) is 24.3 Å². The fraction of sp³-hybridized carbons (Fsp3) is 0.467. The molecule has 114 valence electrons. The molecule has 0 saturated carbocycles. The zero-order chi connectivity index (χ0) is 15.1. The number of nitrogens with one attached hydrogen (secondary N) is 1. The van der Waals surface area contributed by atoms with Crippen LogP contribution in [0.3, 0.4) is 0 Å². The summed E-state index contributed by atoms with van der Waals surface area (Å²) in [6.45, 7) is 2.53. The zero-order valence-electron chi connectivity index (χ0n) is 12.1. The number of para-hydroxylation sites is 1. The SMILES string of the molecule is COc1ccccc1CNC(=O)CC(=O)N1CCOCC1. The summed E-state index contributed by atoms with van der Waals surface area (Å²) >= 11 is 0. The van der Waals surface area contributed by atoms with E-state index in [1.165, 1.54) is 0 Å². The van der Waals surface area contributed by atoms with Crippen molar-refractivity contribution >= 4 is 11.8 Å². The fourth-order valence-electron chi connectivity index (χ4n) is 2.17. The number of hydrogen-bond acceptors (Lipinski definition) is 4. The lowest BCUT2D eigenvalue weighted by molar-refractivity contribution is -0.139. The molecule has 0 radical (unpaired) electrons. The van der Waals surface area contributed by atoms with E-state index < -0.39 is 0 Å². The fourth-order valence-corrected chi connectivity index (χ4v) is 2.17. The lowest BCUT2D eigenvalue weighted by Crippen LogP contribution is -2.42. The van der Waals surface area contributed by atoms with Gasteiger partial charge in [-0.2, -0.15) is 0 Å². The highest BCUT2D eigenvalue weighted by molar-refractivity contribution is 5.96. The average Bonchev–Trinajstić information content (AvgIpc) is 2.54. The van der Waals surface area contributed by atoms with Gasteiger partial charge in [-0.05, 0) is 6.07 Å². The van der Waals surface area contributed by atoms with E-state index in [4.69, 9.17) is 9.47 Å². The maximum Gasteiger partial charge on any atom is 0.232 e. The summed E-state index contributed by atoms with van der Waals surface area (Å²) < 4.78 is 10.4. The highest BCUT2D eigenvalue weighted by Gasteiger charge is 2.19. The van der Waals surface area contributed by atoms with Crippen molar-refractivity contribution in [3.05, 3.63) is 29.8 Å². The molecule has 2 amide bonds. The predicted molar refractivity (Wildman–Crippen MR) is 76.9 cm³/mol. The molecule has 0 spiro atoms. The lowest BCUT2D eigenvalue weighted by Gasteiger charge is -2.26. The van der Waals surface area contributed by atoms with Crippen LogP contribution in [0.2, 0.25) is 0 Å². The van der Waals surface area contributed by atoms with Crippen molar-refractivity contribution in [2.75, 3.05) is 33.4 Å². The van der Waals surface area contributed by atoms with Gasteiger partial charge in [0.1, 0.15) is 12.2 Å². The first-order valence-corrected chi connectivity index (χ1v) is 6.95. The molecule has 1 saturated heterocycles. The molecular formula is C15H20N2O4. The second kappa shape index (κ2) is 7.64. The molecule has 1 aliphatic heterocycles. The molecule has 1 fully saturated rings. The molecule has 1 aromatic carbocycles. The van der Waals surface area contributed by atoms with Gasteiger partial charge in [0.15, 0.2) is 0 Å². The molecule has 6 nitrogen and oxygen atoms in total. The Bertz CT molecular complexity index is 498. The van der Waals surface area contributed by atoms with Gasteiger partial charge in [-0.3, -0.25) is 9.59 Å². The standard InChI is InChI=1S/C15H20N2O4/c1-20-13-5-3-2-4-12(13)11-16-14(18)10-15(19)17-6-8-21-9-7-17/h2-5H,6-11H2,1H3,(H,16,18). The highest BCUT2D eigenvalue weighted by Crippen LogP contribution is 2.16. The Morgan fingerprint density at radius 2 is 2.00 bits per heavy atom. The number of methoxy groups -OCH3 is 1. The van der Waals surface area contributed by atoms with Crippen molar-refractivity contribution < 1.29 is 19.1 Å². The minimum Gasteiger partial charge on any atom is -0.496 e. The topological polar surface area (TPSA) is 67.9 Å². The van der Waals surface area contributed by atoms with Crippen LogP contribution >= 0.6 is 0 Å². The monoisotopic (exact) mass is 292 g/mol. The van der Waals surface area contributed by atoms with E-state index in [0.717, 1.165) is 11.3 Å². The summed E-state index contributed by atoms with van der Waals surface area (Å²) in [5.41, 5.74) is 0.882. The van der Waals surface area contributed by atoms with Crippen molar-refractivity contribution in [3.63, 3.8) is 0 Å². The van der Waals surface area contributed by atoms with Crippen LogP contribution in [0.15, 0.2) is 24.3 Å². The lowest BCUT2D eigenvalue weighted by atomic mass is 10.2. The number of ether oxygens (including phenoxy) is 2. The van der Waals surface area contributed by atoms with Gasteiger partial charge in [0.05, 0.1) is 20.3 Å². The molecule has 0 unspecified atom stereocenters. The zero-order valence-corrected chi connectivity index (χ0v) is 12.1. The highest BCUT2D eigenvalue weighted by atomic mass is 16.5. The number of carbonyl (C=O) groups is 2. The Labute approximate surface area is 124 Å². The summed E-state index contributed by atoms with van der Waals surface area (Å²) in [4.78, 5) is 25.4. The number of amides is 2. The minimum absolute atomic E-state index is 0.130. The van der Waals surface area contributed by atoms with Crippen LogP contribution in [0, 0.1) is 0 Å². The Balaban J connectivity index is 1.80. The van der Waals surface area contributed by atoms with Crippen LogP contribution in [-0.4, -0.2) is 50.1 Å². The van der Waals surface area contributed by atoms with Gasteiger partial charge >= 0.3 is 0 Å². The van der Waals surface area contributed by atoms with E-state index in [-0.39, 0.29) is 18.2 Å². The van der Waals surface area contributed by atoms with E-state index in [9.17, 15) is 9.59 Å². The third kappa shape index (κ3) is 4.46. The smallest absolute Gasteiger partial charge is 0.232 e. The molecular weight excluding hydrogens is 272 g/mol. The van der Waals surface area contributed by atoms with Crippen LogP contribution in [0.25, 0.3) is 0 Å². The van der Waals surface area contributed by atoms with Crippen LogP contribution in [0.4, 0.5) is 0 Å². The van der Waals surface area contributed by atoms with Gasteiger partial charge in [-0.25, -0.2) is 0 Å². The number of nitrogens with zero attached hydrogens (tertiary/aromatic N) is 1. The molecule has 0 atom stereocenters. The second-order valence-corrected chi connectivity index (χ2v) is 4.76. The maximum absolute atomic E-state index is 11.9. The van der Waals surface area contributed by atoms with Crippen molar-refractivity contribution in [3.8, 4) is 5.75 Å². The van der Waals surface area contributed by atoms with E-state index in [1.54, 1.807) is 12.0 Å². The van der Waals surface area contributed by atoms with Gasteiger partial charge < -0.3 is 19.7 Å². The third-order valence-electron chi connectivity index (χ3n) is 3.34. The first-order valence-electron chi connectivity index (χ1n) is 6.95. The van der Waals surface area contributed by atoms with Gasteiger partial charge in [0, 0.05) is 25.2 Å². The molecule has 0 aliphatic carbocycles. The molecule has 6 heteroatoms. The number of carbonyl (C=O) groups excluding carboxylic acids is 2. The van der Waals surface area contributed by atoms with Gasteiger partial charge in [0.25, 0.3) is 0 Å². The predicted octanol–water partition coefficient (Wildman–Crippen LogP) is 0.560. The third-order valence-corrected chi connectivity index (χ3v) is 3.34. The molecule has 21 heavy (non-hydrogen) atoms. The second-order valence-electron chi connectivity index (χ2n) is 4.76. The summed E-state index contributed by atoms with van der Waals surface area (Å²) in [6.07, 6.45) is -0.130. The molecule has 1 heterocycles. The maximum atomic E-state index is 11.9. The van der Waals surface area contributed by atoms with Gasteiger partial charge in [0.2, 0.25) is 11.8 Å². The summed E-state index contributed by atoms with van der Waals surface area (Å²) in [7, 11) is 1.59. The number of benzene rings is 1. The summed E-state index contributed by atoms with van der Waals surface area (Å²) in [5, 5.41) is 2.75. The first-order chi connectivity index (χ1) is 10.2. The van der Waals surface area contributed by atoms with Crippen molar-refractivity contribution in [1.29, 1.82) is 0 Å². The molecule has 1 aliphatic rings. The quantitative estimate of drug-likeness (QED) is 0.805. The largest absolute Gasteiger partial charge is 0.496 e. The van der Waals surface area contributed by atoms with Crippen LogP contribution in [0.1, 0.15) is 12.0 Å². The minimum atomic E-state index is -0.280. The molecule has 1 aromatic rings. The number of hydrogen-bond donors (Lipinski definition) is 1. The first kappa shape index (κ1) is 15.3. The van der Waals surface area contributed by atoms with Gasteiger partial charge in [-0.1, -0.05) is 18.2 Å².